The maximum atomic E-state index is 11.5. The zero-order valence-electron chi connectivity index (χ0n) is 14.0. The minimum absolute atomic E-state index is 0.0548. The monoisotopic (exact) mass is 377 g/mol. The Balaban J connectivity index is 3.99. The number of carbonyl (C=O) groups is 5. The van der Waals surface area contributed by atoms with Gasteiger partial charge in [0.1, 0.15) is 0 Å². The van der Waals surface area contributed by atoms with Crippen molar-refractivity contribution in [3.05, 3.63) is 0 Å². The van der Waals surface area contributed by atoms with E-state index in [0.717, 1.165) is 23.5 Å². The van der Waals surface area contributed by atoms with Gasteiger partial charge in [-0.1, -0.05) is 23.5 Å². The summed E-state index contributed by atoms with van der Waals surface area (Å²) in [5.41, 5.74) is 0. The van der Waals surface area contributed by atoms with Crippen molar-refractivity contribution in [2.45, 2.75) is 20.8 Å². The Morgan fingerprint density at radius 1 is 0.750 bits per heavy atom. The molecule has 0 aliphatic heterocycles. The average Bonchev–Trinajstić information content (AvgIpc) is 2.49. The summed E-state index contributed by atoms with van der Waals surface area (Å²) >= 11 is 1.85. The lowest BCUT2D eigenvalue weighted by Crippen LogP contribution is -2.42. The fraction of sp³-hybridized carbons (Fsp3) is 0.643. The van der Waals surface area contributed by atoms with Crippen LogP contribution in [0.2, 0.25) is 0 Å². The summed E-state index contributed by atoms with van der Waals surface area (Å²) in [5.74, 6) is -0.602. The van der Waals surface area contributed by atoms with Crippen molar-refractivity contribution in [1.82, 2.24) is 15.5 Å². The van der Waals surface area contributed by atoms with Gasteiger partial charge in [0.15, 0.2) is 10.2 Å². The van der Waals surface area contributed by atoms with Gasteiger partial charge >= 0.3 is 0 Å². The highest BCUT2D eigenvalue weighted by molar-refractivity contribution is 8.14. The van der Waals surface area contributed by atoms with Gasteiger partial charge in [-0.05, 0) is 0 Å². The second-order valence-electron chi connectivity index (χ2n) is 4.77. The highest BCUT2D eigenvalue weighted by Gasteiger charge is 2.10. The molecule has 3 amide bonds. The van der Waals surface area contributed by atoms with E-state index in [4.69, 9.17) is 0 Å². The minimum Gasteiger partial charge on any atom is -0.354 e. The summed E-state index contributed by atoms with van der Waals surface area (Å²) in [7, 11) is 0. The van der Waals surface area contributed by atoms with Crippen LogP contribution < -0.4 is 10.6 Å². The average molecular weight is 377 g/mol. The molecule has 0 heterocycles. The van der Waals surface area contributed by atoms with Crippen molar-refractivity contribution in [2.75, 3.05) is 37.7 Å². The van der Waals surface area contributed by atoms with Crippen LogP contribution in [0.3, 0.4) is 0 Å². The Bertz CT molecular complexity index is 449. The fourth-order valence-corrected chi connectivity index (χ4v) is 2.40. The van der Waals surface area contributed by atoms with Crippen LogP contribution >= 0.6 is 23.5 Å². The molecule has 0 spiro atoms. The number of thioether (sulfide) groups is 2. The van der Waals surface area contributed by atoms with E-state index in [1.807, 2.05) is 0 Å². The van der Waals surface area contributed by atoms with Gasteiger partial charge in [-0.25, -0.2) is 0 Å². The predicted molar refractivity (Wildman–Crippen MR) is 94.6 cm³/mol. The lowest BCUT2D eigenvalue weighted by atomic mass is 10.4. The molecule has 0 fully saturated rings. The Morgan fingerprint density at radius 2 is 1.12 bits per heavy atom. The summed E-state index contributed by atoms with van der Waals surface area (Å²) in [6.07, 6.45) is 0. The van der Waals surface area contributed by atoms with Crippen LogP contribution in [0.5, 0.6) is 0 Å². The summed E-state index contributed by atoms with van der Waals surface area (Å²) < 4.78 is 0. The standard InChI is InChI=1S/C14H23N3O5S2/c1-10(18)17(6-4-15-13(21)8-23-11(2)19)7-5-16-14(22)9-24-12(3)20/h4-9H2,1-3H3,(H,15,21)(H,16,22). The van der Waals surface area contributed by atoms with Gasteiger partial charge in [0.25, 0.3) is 0 Å². The Kier molecular flexibility index (Phi) is 12.0. The number of nitrogens with zero attached hydrogens (tertiary/aromatic N) is 1. The third-order valence-corrected chi connectivity index (χ3v) is 4.29. The first-order valence-corrected chi connectivity index (χ1v) is 9.25. The van der Waals surface area contributed by atoms with Gasteiger partial charge in [0, 0.05) is 47.0 Å². The molecule has 0 atom stereocenters. The Labute approximate surface area is 149 Å². The summed E-state index contributed by atoms with van der Waals surface area (Å²) in [6.45, 7) is 5.34. The van der Waals surface area contributed by atoms with Gasteiger partial charge in [-0.15, -0.1) is 0 Å². The quantitative estimate of drug-likeness (QED) is 0.534. The first-order chi connectivity index (χ1) is 11.2. The maximum Gasteiger partial charge on any atom is 0.230 e. The SMILES string of the molecule is CC(=O)SCC(=O)NCCN(CCNC(=O)CSC(C)=O)C(C)=O. The van der Waals surface area contributed by atoms with Crippen molar-refractivity contribution in [3.63, 3.8) is 0 Å². The molecule has 0 rings (SSSR count). The largest absolute Gasteiger partial charge is 0.354 e. The lowest BCUT2D eigenvalue weighted by Gasteiger charge is -2.21. The molecule has 10 heteroatoms. The fourth-order valence-electron chi connectivity index (χ4n) is 1.52. The third-order valence-electron chi connectivity index (χ3n) is 2.67. The van der Waals surface area contributed by atoms with Crippen molar-refractivity contribution < 1.29 is 24.0 Å². The molecular weight excluding hydrogens is 354 g/mol. The van der Waals surface area contributed by atoms with Gasteiger partial charge < -0.3 is 15.5 Å². The van der Waals surface area contributed by atoms with E-state index < -0.39 is 0 Å². The second kappa shape index (κ2) is 12.8. The first kappa shape index (κ1) is 22.4. The minimum atomic E-state index is -0.270. The number of hydrogen-bond donors (Lipinski definition) is 2. The highest BCUT2D eigenvalue weighted by Crippen LogP contribution is 2.00. The third kappa shape index (κ3) is 12.9. The molecular formula is C14H23N3O5S2. The molecule has 0 aromatic carbocycles. The molecule has 136 valence electrons. The zero-order valence-corrected chi connectivity index (χ0v) is 15.7. The normalized spacial score (nSPS) is 9.96. The number of nitrogens with one attached hydrogen (secondary N) is 2. The first-order valence-electron chi connectivity index (χ1n) is 7.28. The summed E-state index contributed by atoms with van der Waals surface area (Å²) in [6, 6.07) is 0. The van der Waals surface area contributed by atoms with Gasteiger partial charge in [0.05, 0.1) is 11.5 Å². The number of amides is 3. The summed E-state index contributed by atoms with van der Waals surface area (Å²) in [4.78, 5) is 57.4. The van der Waals surface area contributed by atoms with Crippen molar-refractivity contribution in [3.8, 4) is 0 Å². The maximum absolute atomic E-state index is 11.5. The van der Waals surface area contributed by atoms with Gasteiger partial charge in [0.2, 0.25) is 17.7 Å². The molecule has 0 aromatic heterocycles. The number of carbonyl (C=O) groups excluding carboxylic acids is 5. The molecule has 2 N–H and O–H groups in total. The van der Waals surface area contributed by atoms with E-state index >= 15 is 0 Å². The molecule has 8 nitrogen and oxygen atoms in total. The van der Waals surface area contributed by atoms with Crippen LogP contribution in [0.15, 0.2) is 0 Å². The molecule has 0 aliphatic rings. The molecule has 0 radical (unpaired) electrons. The number of hydrogen-bond acceptors (Lipinski definition) is 7. The van der Waals surface area contributed by atoms with Gasteiger partial charge in [-0.3, -0.25) is 24.0 Å². The molecule has 0 saturated heterocycles. The van der Waals surface area contributed by atoms with Crippen LogP contribution in [-0.4, -0.2) is 70.5 Å². The van der Waals surface area contributed by atoms with E-state index in [1.165, 1.54) is 25.7 Å². The number of rotatable bonds is 10. The summed E-state index contributed by atoms with van der Waals surface area (Å²) in [5, 5.41) is 4.98. The molecule has 0 unspecified atom stereocenters. The van der Waals surface area contributed by atoms with Crippen molar-refractivity contribution >= 4 is 51.5 Å². The molecule has 24 heavy (non-hydrogen) atoms. The Morgan fingerprint density at radius 3 is 1.42 bits per heavy atom. The molecule has 0 aliphatic carbocycles. The topological polar surface area (TPSA) is 113 Å². The molecule has 0 aromatic rings. The molecule has 0 bridgehead atoms. The molecule has 0 saturated carbocycles. The van der Waals surface area contributed by atoms with Crippen LogP contribution in [0.4, 0.5) is 0 Å². The van der Waals surface area contributed by atoms with Crippen LogP contribution in [-0.2, 0) is 24.0 Å². The highest BCUT2D eigenvalue weighted by atomic mass is 32.2. The second-order valence-corrected chi connectivity index (χ2v) is 7.07. The zero-order chi connectivity index (χ0) is 18.5. The van der Waals surface area contributed by atoms with Crippen LogP contribution in [0, 0.1) is 0 Å². The van der Waals surface area contributed by atoms with E-state index in [2.05, 4.69) is 10.6 Å². The van der Waals surface area contributed by atoms with Crippen molar-refractivity contribution in [1.29, 1.82) is 0 Å². The predicted octanol–water partition coefficient (Wildman–Crippen LogP) is -0.373. The van der Waals surface area contributed by atoms with E-state index in [-0.39, 0.29) is 52.5 Å². The van der Waals surface area contributed by atoms with Gasteiger partial charge in [-0.2, -0.15) is 0 Å². The van der Waals surface area contributed by atoms with Crippen molar-refractivity contribution in [2.24, 2.45) is 0 Å². The van der Waals surface area contributed by atoms with E-state index in [9.17, 15) is 24.0 Å². The van der Waals surface area contributed by atoms with E-state index in [1.54, 1.807) is 0 Å². The van der Waals surface area contributed by atoms with E-state index in [0.29, 0.717) is 13.1 Å². The van der Waals surface area contributed by atoms with Crippen LogP contribution in [0.25, 0.3) is 0 Å². The Hall–Kier alpha value is -1.55. The lowest BCUT2D eigenvalue weighted by molar-refractivity contribution is -0.129. The smallest absolute Gasteiger partial charge is 0.230 e. The van der Waals surface area contributed by atoms with Crippen LogP contribution in [0.1, 0.15) is 20.8 Å².